The van der Waals surface area contributed by atoms with E-state index in [1.54, 1.807) is 0 Å². The van der Waals surface area contributed by atoms with Gasteiger partial charge in [0.2, 0.25) is 0 Å². The molecule has 0 aliphatic heterocycles. The first-order valence-electron chi connectivity index (χ1n) is 3.45. The minimum atomic E-state index is -4.52. The molecule has 5 heteroatoms. The van der Waals surface area contributed by atoms with Crippen LogP contribution in [0.25, 0.3) is 0 Å². The van der Waals surface area contributed by atoms with Gasteiger partial charge < -0.3 is 0 Å². The Hall–Kier alpha value is -1.39. The van der Waals surface area contributed by atoms with Crippen molar-refractivity contribution in [3.63, 3.8) is 0 Å². The minimum Gasteiger partial charge on any atom is -0.296 e. The zero-order valence-electron chi connectivity index (χ0n) is 6.72. The molecule has 70 valence electrons. The quantitative estimate of drug-likeness (QED) is 0.634. The van der Waals surface area contributed by atoms with E-state index in [1.807, 2.05) is 0 Å². The molecule has 0 aromatic carbocycles. The molecular weight excluding hydrogens is 183 g/mol. The van der Waals surface area contributed by atoms with Crippen LogP contribution in [0.1, 0.15) is 21.6 Å². The predicted molar refractivity (Wildman–Crippen MR) is 39.4 cm³/mol. The van der Waals surface area contributed by atoms with Gasteiger partial charge in [-0.2, -0.15) is 13.2 Å². The van der Waals surface area contributed by atoms with E-state index in [9.17, 15) is 18.0 Å². The van der Waals surface area contributed by atoms with Crippen LogP contribution >= 0.6 is 0 Å². The summed E-state index contributed by atoms with van der Waals surface area (Å²) in [7, 11) is 0. The number of aryl methyl sites for hydroxylation is 1. The summed E-state index contributed by atoms with van der Waals surface area (Å²) < 4.78 is 36.9. The average Bonchev–Trinajstić information content (AvgIpc) is 2.01. The van der Waals surface area contributed by atoms with Crippen molar-refractivity contribution in [2.45, 2.75) is 13.1 Å². The van der Waals surface area contributed by atoms with E-state index in [0.717, 1.165) is 0 Å². The van der Waals surface area contributed by atoms with Crippen molar-refractivity contribution < 1.29 is 18.0 Å². The number of nitrogens with zero attached hydrogens (tertiary/aromatic N) is 1. The van der Waals surface area contributed by atoms with E-state index in [4.69, 9.17) is 0 Å². The maximum atomic E-state index is 12.3. The minimum absolute atomic E-state index is 0.00426. The van der Waals surface area contributed by atoms with Gasteiger partial charge in [-0.1, -0.05) is 0 Å². The maximum absolute atomic E-state index is 12.3. The highest BCUT2D eigenvalue weighted by atomic mass is 19.4. The van der Waals surface area contributed by atoms with Gasteiger partial charge in [-0.05, 0) is 18.6 Å². The summed E-state index contributed by atoms with van der Waals surface area (Å²) in [5.74, 6) is 0. The van der Waals surface area contributed by atoms with Crippen molar-refractivity contribution in [3.05, 3.63) is 29.1 Å². The van der Waals surface area contributed by atoms with Crippen molar-refractivity contribution in [1.29, 1.82) is 0 Å². The second kappa shape index (κ2) is 3.16. The Morgan fingerprint density at radius 1 is 1.46 bits per heavy atom. The largest absolute Gasteiger partial charge is 0.418 e. The Kier molecular flexibility index (Phi) is 2.36. The van der Waals surface area contributed by atoms with Gasteiger partial charge in [-0.25, -0.2) is 0 Å². The van der Waals surface area contributed by atoms with Crippen LogP contribution in [0, 0.1) is 6.92 Å². The molecule has 1 heterocycles. The van der Waals surface area contributed by atoms with E-state index in [-0.39, 0.29) is 11.8 Å². The third-order valence-electron chi connectivity index (χ3n) is 1.58. The smallest absolute Gasteiger partial charge is 0.296 e. The lowest BCUT2D eigenvalue weighted by Crippen LogP contribution is -2.12. The summed E-state index contributed by atoms with van der Waals surface area (Å²) in [5, 5.41) is 0. The van der Waals surface area contributed by atoms with E-state index in [0.29, 0.717) is 0 Å². The fourth-order valence-electron chi connectivity index (χ4n) is 1.04. The molecule has 1 rings (SSSR count). The number of halogens is 3. The first kappa shape index (κ1) is 9.70. The molecular formula is C8H6F3NO. The van der Waals surface area contributed by atoms with Crippen molar-refractivity contribution in [2.24, 2.45) is 0 Å². The fraction of sp³-hybridized carbons (Fsp3) is 0.250. The van der Waals surface area contributed by atoms with E-state index >= 15 is 0 Å². The van der Waals surface area contributed by atoms with Gasteiger partial charge in [0, 0.05) is 6.20 Å². The summed E-state index contributed by atoms with van der Waals surface area (Å²) in [6.45, 7) is 1.29. The van der Waals surface area contributed by atoms with Crippen LogP contribution in [0.2, 0.25) is 0 Å². The number of rotatable bonds is 1. The molecule has 0 saturated carbocycles. The van der Waals surface area contributed by atoms with Crippen molar-refractivity contribution in [3.8, 4) is 0 Å². The Morgan fingerprint density at radius 3 is 2.46 bits per heavy atom. The molecule has 1 aromatic heterocycles. The highest BCUT2D eigenvalue weighted by molar-refractivity contribution is 5.75. The Bertz CT molecular complexity index is 333. The van der Waals surface area contributed by atoms with Crippen LogP contribution in [0.5, 0.6) is 0 Å². The van der Waals surface area contributed by atoms with Gasteiger partial charge in [-0.15, -0.1) is 0 Å². The highest BCUT2D eigenvalue weighted by Crippen LogP contribution is 2.32. The molecule has 0 fully saturated rings. The SMILES string of the molecule is Cc1ccnc(C=O)c1C(F)(F)F. The number of aromatic nitrogens is 1. The zero-order valence-corrected chi connectivity index (χ0v) is 6.72. The van der Waals surface area contributed by atoms with Crippen LogP contribution in [-0.2, 0) is 6.18 Å². The fourth-order valence-corrected chi connectivity index (χ4v) is 1.04. The molecule has 1 aromatic rings. The maximum Gasteiger partial charge on any atom is 0.418 e. The summed E-state index contributed by atoms with van der Waals surface area (Å²) >= 11 is 0. The molecule has 0 N–H and O–H groups in total. The normalized spacial score (nSPS) is 11.4. The molecule has 0 aliphatic carbocycles. The van der Waals surface area contributed by atoms with Crippen LogP contribution in [0.3, 0.4) is 0 Å². The second-order valence-electron chi connectivity index (χ2n) is 2.50. The third kappa shape index (κ3) is 1.85. The van der Waals surface area contributed by atoms with Gasteiger partial charge in [0.1, 0.15) is 5.69 Å². The average molecular weight is 189 g/mol. The highest BCUT2D eigenvalue weighted by Gasteiger charge is 2.35. The molecule has 0 radical (unpaired) electrons. The van der Waals surface area contributed by atoms with Crippen LogP contribution < -0.4 is 0 Å². The number of carbonyl (C=O) groups excluding carboxylic acids is 1. The molecule has 13 heavy (non-hydrogen) atoms. The van der Waals surface area contributed by atoms with Crippen LogP contribution in [0.15, 0.2) is 12.3 Å². The van der Waals surface area contributed by atoms with Crippen LogP contribution in [-0.4, -0.2) is 11.3 Å². The molecule has 0 atom stereocenters. The van der Waals surface area contributed by atoms with Crippen molar-refractivity contribution >= 4 is 6.29 Å². The molecule has 0 amide bonds. The van der Waals surface area contributed by atoms with E-state index in [1.165, 1.54) is 19.2 Å². The van der Waals surface area contributed by atoms with Gasteiger partial charge in [0.25, 0.3) is 0 Å². The van der Waals surface area contributed by atoms with Crippen LogP contribution in [0.4, 0.5) is 13.2 Å². The molecule has 0 spiro atoms. The Labute approximate surface area is 72.4 Å². The molecule has 0 bridgehead atoms. The predicted octanol–water partition coefficient (Wildman–Crippen LogP) is 2.22. The third-order valence-corrected chi connectivity index (χ3v) is 1.58. The van der Waals surface area contributed by atoms with E-state index in [2.05, 4.69) is 4.98 Å². The van der Waals surface area contributed by atoms with Gasteiger partial charge in [-0.3, -0.25) is 9.78 Å². The lowest BCUT2D eigenvalue weighted by atomic mass is 10.1. The number of pyridine rings is 1. The monoisotopic (exact) mass is 189 g/mol. The Morgan fingerprint density at radius 2 is 2.08 bits per heavy atom. The van der Waals surface area contributed by atoms with Gasteiger partial charge in [0.15, 0.2) is 6.29 Å². The van der Waals surface area contributed by atoms with Gasteiger partial charge in [0.05, 0.1) is 5.56 Å². The molecule has 0 saturated heterocycles. The van der Waals surface area contributed by atoms with Gasteiger partial charge >= 0.3 is 6.18 Å². The first-order chi connectivity index (χ1) is 5.96. The zero-order chi connectivity index (χ0) is 10.1. The molecule has 2 nitrogen and oxygen atoms in total. The summed E-state index contributed by atoms with van der Waals surface area (Å²) in [4.78, 5) is 13.6. The second-order valence-corrected chi connectivity index (χ2v) is 2.50. The van der Waals surface area contributed by atoms with E-state index < -0.39 is 17.4 Å². The number of hydrogen-bond acceptors (Lipinski definition) is 2. The topological polar surface area (TPSA) is 30.0 Å². The standard InChI is InChI=1S/C8H6F3NO/c1-5-2-3-12-6(4-13)7(5)8(9,10)11/h2-4H,1H3. The number of alkyl halides is 3. The Balaban J connectivity index is 3.40. The summed E-state index contributed by atoms with van der Waals surface area (Å²) in [6, 6.07) is 1.22. The summed E-state index contributed by atoms with van der Waals surface area (Å²) in [5.41, 5.74) is -1.51. The summed E-state index contributed by atoms with van der Waals surface area (Å²) in [6.07, 6.45) is -3.24. The number of aldehydes is 1. The van der Waals surface area contributed by atoms with Crippen molar-refractivity contribution in [1.82, 2.24) is 4.98 Å². The first-order valence-corrected chi connectivity index (χ1v) is 3.45. The lowest BCUT2D eigenvalue weighted by molar-refractivity contribution is -0.138. The van der Waals surface area contributed by atoms with Crippen molar-refractivity contribution in [2.75, 3.05) is 0 Å². The molecule has 0 aliphatic rings. The number of carbonyl (C=O) groups is 1. The molecule has 0 unspecified atom stereocenters. The lowest BCUT2D eigenvalue weighted by Gasteiger charge is -2.10. The number of hydrogen-bond donors (Lipinski definition) is 0.